The summed E-state index contributed by atoms with van der Waals surface area (Å²) in [5.41, 5.74) is 1.28. The summed E-state index contributed by atoms with van der Waals surface area (Å²) in [5.74, 6) is 0.101. The molecule has 0 spiro atoms. The molecule has 0 atom stereocenters. The maximum absolute atomic E-state index is 13.1. The first-order valence-corrected chi connectivity index (χ1v) is 11.4. The molecule has 1 aliphatic carbocycles. The molecule has 6 heteroatoms. The molecule has 0 saturated heterocycles. The minimum absolute atomic E-state index is 0.0391. The van der Waals surface area contributed by atoms with Gasteiger partial charge in [0, 0.05) is 20.8 Å². The number of benzene rings is 1. The van der Waals surface area contributed by atoms with Crippen molar-refractivity contribution in [2.45, 2.75) is 37.6 Å². The second-order valence-electron chi connectivity index (χ2n) is 7.09. The number of carbonyl (C=O) groups is 2. The summed E-state index contributed by atoms with van der Waals surface area (Å²) in [6.07, 6.45) is 3.81. The number of ketones is 1. The van der Waals surface area contributed by atoms with E-state index in [1.165, 1.54) is 22.7 Å². The zero-order valence-corrected chi connectivity index (χ0v) is 17.6. The van der Waals surface area contributed by atoms with Crippen LogP contribution in [0.2, 0.25) is 5.02 Å². The molecule has 1 N–H and O–H groups in total. The Morgan fingerprint density at radius 1 is 1.04 bits per heavy atom. The van der Waals surface area contributed by atoms with E-state index in [0.717, 1.165) is 41.7 Å². The van der Waals surface area contributed by atoms with Gasteiger partial charge in [0.15, 0.2) is 0 Å². The normalized spacial score (nSPS) is 15.5. The molecule has 1 aliphatic rings. The van der Waals surface area contributed by atoms with Gasteiger partial charge in [0.2, 0.25) is 11.7 Å². The molecule has 1 fully saturated rings. The van der Waals surface area contributed by atoms with Crippen LogP contribution in [-0.2, 0) is 16.8 Å². The zero-order chi connectivity index (χ0) is 19.6. The van der Waals surface area contributed by atoms with E-state index in [2.05, 4.69) is 5.32 Å². The Morgan fingerprint density at radius 2 is 1.79 bits per heavy atom. The predicted octanol–water partition coefficient (Wildman–Crippen LogP) is 5.82. The number of amides is 1. The van der Waals surface area contributed by atoms with Gasteiger partial charge >= 0.3 is 0 Å². The zero-order valence-electron chi connectivity index (χ0n) is 15.2. The van der Waals surface area contributed by atoms with E-state index in [-0.39, 0.29) is 11.7 Å². The number of thiophene rings is 2. The van der Waals surface area contributed by atoms with Crippen LogP contribution in [0.25, 0.3) is 0 Å². The summed E-state index contributed by atoms with van der Waals surface area (Å²) in [6, 6.07) is 13.2. The maximum atomic E-state index is 13.1. The van der Waals surface area contributed by atoms with Crippen molar-refractivity contribution < 1.29 is 9.59 Å². The Labute approximate surface area is 177 Å². The lowest BCUT2D eigenvalue weighted by molar-refractivity contribution is -0.126. The summed E-state index contributed by atoms with van der Waals surface area (Å²) >= 11 is 8.98. The van der Waals surface area contributed by atoms with Gasteiger partial charge in [0.25, 0.3) is 0 Å². The lowest BCUT2D eigenvalue weighted by atomic mass is 9.78. The molecular weight excluding hydrogens is 410 g/mol. The van der Waals surface area contributed by atoms with E-state index >= 15 is 0 Å². The van der Waals surface area contributed by atoms with E-state index < -0.39 is 5.41 Å². The van der Waals surface area contributed by atoms with E-state index in [4.69, 9.17) is 11.6 Å². The Kier molecular flexibility index (Phi) is 5.67. The number of hydrogen-bond acceptors (Lipinski definition) is 4. The van der Waals surface area contributed by atoms with E-state index in [9.17, 15) is 9.59 Å². The molecule has 0 radical (unpaired) electrons. The van der Waals surface area contributed by atoms with Crippen molar-refractivity contribution in [1.29, 1.82) is 0 Å². The largest absolute Gasteiger partial charge is 0.350 e. The molecule has 144 valence electrons. The Bertz CT molecular complexity index is 970. The third-order valence-corrected chi connectivity index (χ3v) is 7.40. The quantitative estimate of drug-likeness (QED) is 0.501. The van der Waals surface area contributed by atoms with Gasteiger partial charge in [0.1, 0.15) is 0 Å². The first kappa shape index (κ1) is 19.4. The summed E-state index contributed by atoms with van der Waals surface area (Å²) in [4.78, 5) is 27.3. The van der Waals surface area contributed by atoms with Crippen LogP contribution in [0.1, 0.15) is 51.4 Å². The number of carbonyl (C=O) groups excluding carboxylic acids is 2. The molecule has 4 rings (SSSR count). The van der Waals surface area contributed by atoms with Crippen LogP contribution in [-0.4, -0.2) is 11.7 Å². The van der Waals surface area contributed by atoms with Crippen LogP contribution >= 0.6 is 34.3 Å². The molecule has 0 bridgehead atoms. The molecule has 2 heterocycles. The van der Waals surface area contributed by atoms with Crippen molar-refractivity contribution in [2.75, 3.05) is 0 Å². The summed E-state index contributed by atoms with van der Waals surface area (Å²) < 4.78 is 0. The molecule has 0 unspecified atom stereocenters. The van der Waals surface area contributed by atoms with Crippen LogP contribution < -0.4 is 5.32 Å². The molecule has 0 aliphatic heterocycles. The van der Waals surface area contributed by atoms with Gasteiger partial charge in [-0.1, -0.05) is 36.6 Å². The third kappa shape index (κ3) is 3.79. The van der Waals surface area contributed by atoms with Crippen LogP contribution in [0.4, 0.5) is 0 Å². The van der Waals surface area contributed by atoms with Crippen molar-refractivity contribution in [3.8, 4) is 0 Å². The standard InChI is InChI=1S/C22H20ClNO2S2/c23-17-5-3-16(4-6-17)22(10-1-2-11-22)21(26)24-13-18-7-8-19(28-18)20(25)15-9-12-27-14-15/h3-9,12,14H,1-2,10-11,13H2,(H,24,26). The minimum Gasteiger partial charge on any atom is -0.350 e. The first-order chi connectivity index (χ1) is 13.6. The monoisotopic (exact) mass is 429 g/mol. The van der Waals surface area contributed by atoms with Gasteiger partial charge in [-0.2, -0.15) is 11.3 Å². The molecule has 1 saturated carbocycles. The average Bonchev–Trinajstić information content (AvgIpc) is 3.48. The SMILES string of the molecule is O=C(c1ccsc1)c1ccc(CNC(=O)C2(c3ccc(Cl)cc3)CCCC2)s1. The van der Waals surface area contributed by atoms with Gasteiger partial charge in [-0.25, -0.2) is 0 Å². The minimum atomic E-state index is -0.475. The number of halogens is 1. The molecular formula is C22H20ClNO2S2. The van der Waals surface area contributed by atoms with Crippen molar-refractivity contribution in [3.05, 3.63) is 79.1 Å². The van der Waals surface area contributed by atoms with Gasteiger partial charge in [-0.15, -0.1) is 11.3 Å². The molecule has 3 nitrogen and oxygen atoms in total. The predicted molar refractivity (Wildman–Crippen MR) is 116 cm³/mol. The topological polar surface area (TPSA) is 46.2 Å². The molecule has 3 aromatic rings. The van der Waals surface area contributed by atoms with Crippen molar-refractivity contribution in [2.24, 2.45) is 0 Å². The second kappa shape index (κ2) is 8.19. The Hall–Kier alpha value is -1.95. The third-order valence-electron chi connectivity index (χ3n) is 5.38. The highest BCUT2D eigenvalue weighted by Crippen LogP contribution is 2.41. The van der Waals surface area contributed by atoms with E-state index in [1.807, 2.05) is 53.2 Å². The lowest BCUT2D eigenvalue weighted by Crippen LogP contribution is -2.42. The highest BCUT2D eigenvalue weighted by Gasteiger charge is 2.42. The lowest BCUT2D eigenvalue weighted by Gasteiger charge is -2.28. The smallest absolute Gasteiger partial charge is 0.230 e. The fraction of sp³-hybridized carbons (Fsp3) is 0.273. The number of nitrogens with one attached hydrogen (secondary N) is 1. The van der Waals surface area contributed by atoms with Crippen LogP contribution in [0.3, 0.4) is 0 Å². The van der Waals surface area contributed by atoms with Crippen LogP contribution in [0.15, 0.2) is 53.2 Å². The summed E-state index contributed by atoms with van der Waals surface area (Å²) in [5, 5.41) is 7.55. The van der Waals surface area contributed by atoms with E-state index in [1.54, 1.807) is 0 Å². The molecule has 1 amide bonds. The number of rotatable bonds is 6. The number of hydrogen-bond donors (Lipinski definition) is 1. The van der Waals surface area contributed by atoms with Gasteiger partial charge < -0.3 is 5.32 Å². The highest BCUT2D eigenvalue weighted by molar-refractivity contribution is 7.14. The highest BCUT2D eigenvalue weighted by atomic mass is 35.5. The summed E-state index contributed by atoms with van der Waals surface area (Å²) in [6.45, 7) is 0.440. The van der Waals surface area contributed by atoms with Crippen molar-refractivity contribution in [1.82, 2.24) is 5.32 Å². The average molecular weight is 430 g/mol. The second-order valence-corrected chi connectivity index (χ2v) is 9.47. The van der Waals surface area contributed by atoms with Gasteiger partial charge in [0.05, 0.1) is 16.8 Å². The molecule has 28 heavy (non-hydrogen) atoms. The Morgan fingerprint density at radius 3 is 2.46 bits per heavy atom. The van der Waals surface area contributed by atoms with Crippen LogP contribution in [0.5, 0.6) is 0 Å². The van der Waals surface area contributed by atoms with Crippen molar-refractivity contribution >= 4 is 46.0 Å². The van der Waals surface area contributed by atoms with E-state index in [0.29, 0.717) is 16.4 Å². The molecule has 1 aromatic carbocycles. The van der Waals surface area contributed by atoms with Gasteiger partial charge in [-0.05, 0) is 54.1 Å². The van der Waals surface area contributed by atoms with Gasteiger partial charge in [-0.3, -0.25) is 9.59 Å². The van der Waals surface area contributed by atoms with Crippen molar-refractivity contribution in [3.63, 3.8) is 0 Å². The molecule has 2 aromatic heterocycles. The first-order valence-electron chi connectivity index (χ1n) is 9.28. The maximum Gasteiger partial charge on any atom is 0.230 e. The Balaban J connectivity index is 1.46. The summed E-state index contributed by atoms with van der Waals surface area (Å²) in [7, 11) is 0. The van der Waals surface area contributed by atoms with Crippen LogP contribution in [0, 0.1) is 0 Å². The fourth-order valence-electron chi connectivity index (χ4n) is 3.86. The fourth-order valence-corrected chi connectivity index (χ4v) is 5.53.